The number of hydrogen-bond acceptors (Lipinski definition) is 14. The maximum absolute atomic E-state index is 12.9. The van der Waals surface area contributed by atoms with Crippen LogP contribution in [-0.2, 0) is 55.8 Å². The minimum absolute atomic E-state index is 0.0114. The SMILES string of the molecule is CC/C=C\C/C=C\C/C=C\C/C=C\C/C=C\C/C=C\CCCCCCCCCCCCCCCCC(=O)OCC(O)COP(=O)(O)OCC(O)COP(=O)(O)OCC(COC(=O)CCCCC/C=C\C/C=C\C/C=C\C/C=C\C/C=C\CC)OC(=O)CCC/C=C\C/C=C\C/C=C\C/C=C\C/C=C\CC. The fraction of sp³-hybridized carbons (Fsp3) is 0.598. The minimum atomic E-state index is -4.96. The Hall–Kier alpha value is -5.61. The third-order valence-corrected chi connectivity index (χ3v) is 17.7. The molecular formula is C87H140O16P2. The Morgan fingerprint density at radius 2 is 0.486 bits per heavy atom. The lowest BCUT2D eigenvalue weighted by Gasteiger charge is -2.21. The predicted octanol–water partition coefficient (Wildman–Crippen LogP) is 23.5. The second-order valence-corrected chi connectivity index (χ2v) is 28.6. The van der Waals surface area contributed by atoms with Crippen LogP contribution in [0.1, 0.15) is 278 Å². The van der Waals surface area contributed by atoms with Gasteiger partial charge < -0.3 is 34.2 Å². The van der Waals surface area contributed by atoms with Gasteiger partial charge >= 0.3 is 33.6 Å². The number of esters is 3. The van der Waals surface area contributed by atoms with Crippen LogP contribution in [0.2, 0.25) is 0 Å². The molecule has 0 aliphatic heterocycles. The standard InChI is InChI=1S/C87H140O16P2/c1-4-7-10-13-16-19-22-25-28-31-33-34-35-36-37-38-39-40-41-42-43-44-45-46-48-51-52-55-58-61-64-67-70-73-85(90)97-76-82(88)77-99-104(93,94)100-78-83(89)79-101-105(95,96)102-81-84(103-87(92)75-72-69-66-63-60-57-54-49-30-27-24-21-18-15-12-9-6-3)80-98-86(91)74-71-68-65-62-59-56-53-50-47-32-29-26-23-20-17-14-11-8-5-2/h7-12,16-21,25-30,33-34,36-37,39-40,47,50,54,56-57,59,63,66,82-84,88-89H,4-6,13-15,22-24,31-32,35,38,41-46,48-49,51-53,55,58,60-62,64-65,67-81H2,1-3H3,(H,93,94)(H,95,96)/b10-7-,11-8-,12-9-,19-16-,20-17-,21-18-,28-25-,29-26-,30-27-,34-33-,37-36-,40-39-,50-47-,57-54-,59-56-,66-63-. The Balaban J connectivity index is 4.56. The first-order valence-corrected chi connectivity index (χ1v) is 42.7. The van der Waals surface area contributed by atoms with Crippen LogP contribution in [0.25, 0.3) is 0 Å². The molecule has 5 atom stereocenters. The molecule has 0 heterocycles. The molecule has 0 amide bonds. The maximum Gasteiger partial charge on any atom is 0.472 e. The summed E-state index contributed by atoms with van der Waals surface area (Å²) in [6.07, 6.45) is 102. The lowest BCUT2D eigenvalue weighted by Crippen LogP contribution is -2.30. The maximum atomic E-state index is 12.9. The number of carbonyl (C=O) groups excluding carboxylic acids is 3. The molecule has 5 unspecified atom stereocenters. The van der Waals surface area contributed by atoms with Gasteiger partial charge in [0.25, 0.3) is 0 Å². The van der Waals surface area contributed by atoms with Crippen molar-refractivity contribution in [1.29, 1.82) is 0 Å². The number of phosphoric acid groups is 2. The highest BCUT2D eigenvalue weighted by Crippen LogP contribution is 2.45. The number of ether oxygens (including phenoxy) is 3. The zero-order valence-corrected chi connectivity index (χ0v) is 66.6. The van der Waals surface area contributed by atoms with E-state index >= 15 is 0 Å². The van der Waals surface area contributed by atoms with Gasteiger partial charge in [0.2, 0.25) is 0 Å². The molecular weight excluding hydrogens is 1360 g/mol. The highest BCUT2D eigenvalue weighted by Gasteiger charge is 2.29. The molecule has 16 nitrogen and oxygen atoms in total. The monoisotopic (exact) mass is 1500 g/mol. The Morgan fingerprint density at radius 1 is 0.267 bits per heavy atom. The van der Waals surface area contributed by atoms with Crippen LogP contribution in [0.4, 0.5) is 0 Å². The van der Waals surface area contributed by atoms with Gasteiger partial charge in [-0.3, -0.25) is 32.5 Å². The van der Waals surface area contributed by atoms with Gasteiger partial charge in [-0.2, -0.15) is 0 Å². The van der Waals surface area contributed by atoms with E-state index in [0.29, 0.717) is 25.7 Å². The molecule has 0 aromatic rings. The quantitative estimate of drug-likeness (QED) is 0.0146. The number of aliphatic hydroxyl groups excluding tert-OH is 2. The molecule has 0 radical (unpaired) electrons. The number of hydrogen-bond donors (Lipinski definition) is 4. The molecule has 0 aliphatic rings. The zero-order valence-electron chi connectivity index (χ0n) is 64.8. The molecule has 0 aliphatic carbocycles. The first-order valence-electron chi connectivity index (χ1n) is 39.7. The largest absolute Gasteiger partial charge is 0.472 e. The lowest BCUT2D eigenvalue weighted by atomic mass is 10.0. The van der Waals surface area contributed by atoms with Crippen molar-refractivity contribution >= 4 is 33.6 Å². The van der Waals surface area contributed by atoms with Crippen molar-refractivity contribution in [3.8, 4) is 0 Å². The van der Waals surface area contributed by atoms with Gasteiger partial charge in [0, 0.05) is 19.3 Å². The summed E-state index contributed by atoms with van der Waals surface area (Å²) in [7, 11) is -9.83. The topological polar surface area (TPSA) is 231 Å². The van der Waals surface area contributed by atoms with Gasteiger partial charge in [-0.15, -0.1) is 0 Å². The van der Waals surface area contributed by atoms with Crippen molar-refractivity contribution in [1.82, 2.24) is 0 Å². The summed E-state index contributed by atoms with van der Waals surface area (Å²) < 4.78 is 61.0. The molecule has 18 heteroatoms. The average molecular weight is 1500 g/mol. The number of carbonyl (C=O) groups is 3. The van der Waals surface area contributed by atoms with E-state index in [9.17, 15) is 43.5 Å². The summed E-state index contributed by atoms with van der Waals surface area (Å²) in [6, 6.07) is 0. The van der Waals surface area contributed by atoms with Gasteiger partial charge in [0.15, 0.2) is 6.10 Å². The number of unbranched alkanes of at least 4 members (excludes halogenated alkanes) is 18. The second kappa shape index (κ2) is 78.0. The van der Waals surface area contributed by atoms with Gasteiger partial charge in [-0.1, -0.05) is 299 Å². The van der Waals surface area contributed by atoms with Crippen molar-refractivity contribution in [2.45, 2.75) is 296 Å². The molecule has 0 spiro atoms. The molecule has 0 aromatic heterocycles. The Bertz CT molecular complexity index is 2690. The highest BCUT2D eigenvalue weighted by molar-refractivity contribution is 7.47. The molecule has 594 valence electrons. The van der Waals surface area contributed by atoms with Crippen LogP contribution in [-0.4, -0.2) is 95.9 Å². The van der Waals surface area contributed by atoms with Gasteiger partial charge in [0.1, 0.15) is 25.4 Å². The van der Waals surface area contributed by atoms with Crippen LogP contribution < -0.4 is 0 Å². The summed E-state index contributed by atoms with van der Waals surface area (Å²) in [5, 5.41) is 20.6. The van der Waals surface area contributed by atoms with E-state index in [2.05, 4.69) is 203 Å². The highest BCUT2D eigenvalue weighted by atomic mass is 31.2. The van der Waals surface area contributed by atoms with E-state index in [4.69, 9.17) is 32.3 Å². The summed E-state index contributed by atoms with van der Waals surface area (Å²) in [5.74, 6) is -1.70. The summed E-state index contributed by atoms with van der Waals surface area (Å²) in [5.41, 5.74) is 0. The second-order valence-electron chi connectivity index (χ2n) is 25.7. The summed E-state index contributed by atoms with van der Waals surface area (Å²) in [6.45, 7) is 2.20. The van der Waals surface area contributed by atoms with Crippen LogP contribution >= 0.6 is 15.6 Å². The Labute approximate surface area is 636 Å². The van der Waals surface area contributed by atoms with E-state index < -0.39 is 91.5 Å². The Morgan fingerprint density at radius 3 is 0.790 bits per heavy atom. The smallest absolute Gasteiger partial charge is 0.463 e. The van der Waals surface area contributed by atoms with Crippen LogP contribution in [0.3, 0.4) is 0 Å². The zero-order chi connectivity index (χ0) is 76.6. The van der Waals surface area contributed by atoms with Gasteiger partial charge in [0.05, 0.1) is 26.4 Å². The summed E-state index contributed by atoms with van der Waals surface area (Å²) in [4.78, 5) is 58.6. The molecule has 4 N–H and O–H groups in total. The van der Waals surface area contributed by atoms with E-state index in [0.717, 1.165) is 148 Å². The molecule has 0 fully saturated rings. The summed E-state index contributed by atoms with van der Waals surface area (Å²) >= 11 is 0. The van der Waals surface area contributed by atoms with Crippen molar-refractivity contribution in [2.75, 3.05) is 39.6 Å². The fourth-order valence-electron chi connectivity index (χ4n) is 9.87. The third-order valence-electron chi connectivity index (χ3n) is 15.8. The van der Waals surface area contributed by atoms with E-state index in [-0.39, 0.29) is 19.3 Å². The predicted molar refractivity (Wildman–Crippen MR) is 435 cm³/mol. The van der Waals surface area contributed by atoms with Gasteiger partial charge in [-0.05, 0) is 154 Å². The van der Waals surface area contributed by atoms with Crippen molar-refractivity contribution < 1.29 is 75.8 Å². The minimum Gasteiger partial charge on any atom is -0.463 e. The Kier molecular flexibility index (Phi) is 73.8. The van der Waals surface area contributed by atoms with E-state index in [1.54, 1.807) is 0 Å². The first kappa shape index (κ1) is 99.4. The molecule has 0 saturated heterocycles. The molecule has 105 heavy (non-hydrogen) atoms. The number of aliphatic hydroxyl groups is 2. The average Bonchev–Trinajstić information content (AvgIpc) is 0.911. The van der Waals surface area contributed by atoms with E-state index in [1.807, 2.05) is 12.2 Å². The normalized spacial score (nSPS) is 15.0. The molecule has 0 aromatic carbocycles. The molecule has 0 rings (SSSR count). The fourth-order valence-corrected chi connectivity index (χ4v) is 11.5. The molecule has 0 saturated carbocycles. The van der Waals surface area contributed by atoms with E-state index in [1.165, 1.54) is 64.2 Å². The molecule has 0 bridgehead atoms. The van der Waals surface area contributed by atoms with Crippen molar-refractivity contribution in [2.24, 2.45) is 0 Å². The number of rotatable bonds is 73. The van der Waals surface area contributed by atoms with Crippen LogP contribution in [0.5, 0.6) is 0 Å². The lowest BCUT2D eigenvalue weighted by molar-refractivity contribution is -0.161. The first-order chi connectivity index (χ1) is 51.2. The third kappa shape index (κ3) is 79.3. The van der Waals surface area contributed by atoms with Gasteiger partial charge in [-0.25, -0.2) is 9.13 Å². The van der Waals surface area contributed by atoms with Crippen molar-refractivity contribution in [3.63, 3.8) is 0 Å². The number of allylic oxidation sites excluding steroid dienone is 32. The van der Waals surface area contributed by atoms with Crippen molar-refractivity contribution in [3.05, 3.63) is 194 Å². The number of phosphoric ester groups is 2. The van der Waals surface area contributed by atoms with Crippen LogP contribution in [0, 0.1) is 0 Å². The van der Waals surface area contributed by atoms with Crippen LogP contribution in [0.15, 0.2) is 194 Å².